The summed E-state index contributed by atoms with van der Waals surface area (Å²) in [5.41, 5.74) is 6.89. The van der Waals surface area contributed by atoms with Gasteiger partial charge in [-0.3, -0.25) is 9.67 Å². The molecule has 10 nitrogen and oxygen atoms in total. The summed E-state index contributed by atoms with van der Waals surface area (Å²) in [5, 5.41) is 7.83. The number of ether oxygens (including phenoxy) is 2. The van der Waals surface area contributed by atoms with Gasteiger partial charge in [-0.25, -0.2) is 9.78 Å². The minimum absolute atomic E-state index is 0.164. The number of nitrogen functional groups attached to an aromatic ring is 1. The van der Waals surface area contributed by atoms with Crippen LogP contribution in [0.5, 0.6) is 5.75 Å². The number of carbonyl (C=O) groups is 1. The molecule has 2 amide bonds. The van der Waals surface area contributed by atoms with Gasteiger partial charge >= 0.3 is 12.4 Å². The Bertz CT molecular complexity index is 1360. The first-order valence-electron chi connectivity index (χ1n) is 12.4. The number of pyridine rings is 2. The van der Waals surface area contributed by atoms with Crippen LogP contribution in [-0.4, -0.2) is 56.7 Å². The second-order valence-corrected chi connectivity index (χ2v) is 9.91. The Hall–Kier alpha value is -3.87. The molecular formula is C25H26F3N7O3. The highest BCUT2D eigenvalue weighted by molar-refractivity contribution is 5.76. The van der Waals surface area contributed by atoms with Gasteiger partial charge in [0.2, 0.25) is 0 Å². The van der Waals surface area contributed by atoms with E-state index in [1.165, 1.54) is 12.3 Å². The van der Waals surface area contributed by atoms with Gasteiger partial charge in [-0.2, -0.15) is 5.10 Å². The maximum absolute atomic E-state index is 13.4. The molecule has 0 aromatic carbocycles. The predicted molar refractivity (Wildman–Crippen MR) is 129 cm³/mol. The molecular weight excluding hydrogens is 503 g/mol. The maximum atomic E-state index is 13.4. The maximum Gasteiger partial charge on any atom is 0.573 e. The Labute approximate surface area is 215 Å². The molecule has 0 unspecified atom stereocenters. The zero-order valence-electron chi connectivity index (χ0n) is 20.4. The van der Waals surface area contributed by atoms with E-state index in [-0.39, 0.29) is 11.8 Å². The molecule has 1 saturated heterocycles. The van der Waals surface area contributed by atoms with Crippen LogP contribution in [0.15, 0.2) is 42.9 Å². The van der Waals surface area contributed by atoms with Crippen molar-refractivity contribution in [1.82, 2.24) is 30.0 Å². The molecule has 2 aliphatic heterocycles. The van der Waals surface area contributed by atoms with Crippen LogP contribution >= 0.6 is 0 Å². The fourth-order valence-corrected chi connectivity index (χ4v) is 5.53. The largest absolute Gasteiger partial charge is 0.573 e. The zero-order chi connectivity index (χ0) is 26.5. The molecule has 3 aliphatic rings. The number of amides is 2. The van der Waals surface area contributed by atoms with Crippen molar-refractivity contribution in [3.63, 3.8) is 0 Å². The molecule has 1 aliphatic carbocycles. The second-order valence-electron chi connectivity index (χ2n) is 9.91. The quantitative estimate of drug-likeness (QED) is 0.530. The van der Waals surface area contributed by atoms with E-state index < -0.39 is 23.3 Å². The number of hydrogen-bond donors (Lipinski definition) is 2. The number of fused-ring (bicyclic) bond motifs is 2. The summed E-state index contributed by atoms with van der Waals surface area (Å²) in [5.74, 6) is -0.961. The van der Waals surface area contributed by atoms with Crippen LogP contribution in [-0.2, 0) is 22.4 Å². The highest BCUT2D eigenvalue weighted by atomic mass is 19.4. The summed E-state index contributed by atoms with van der Waals surface area (Å²) in [4.78, 5) is 23.2. The van der Waals surface area contributed by atoms with Crippen molar-refractivity contribution < 1.29 is 27.4 Å². The summed E-state index contributed by atoms with van der Waals surface area (Å²) in [7, 11) is 0. The average molecular weight is 530 g/mol. The lowest BCUT2D eigenvalue weighted by Crippen LogP contribution is -2.55. The Morgan fingerprint density at radius 2 is 2.03 bits per heavy atom. The van der Waals surface area contributed by atoms with Crippen molar-refractivity contribution in [3.05, 3.63) is 54.1 Å². The van der Waals surface area contributed by atoms with Crippen molar-refractivity contribution in [3.8, 4) is 17.0 Å². The van der Waals surface area contributed by atoms with E-state index in [0.717, 1.165) is 30.5 Å². The lowest BCUT2D eigenvalue weighted by atomic mass is 9.72. The lowest BCUT2D eigenvalue weighted by molar-refractivity contribution is -0.274. The van der Waals surface area contributed by atoms with E-state index in [2.05, 4.69) is 25.1 Å². The number of likely N-dealkylation sites (tertiary alicyclic amines) is 1. The molecule has 5 heterocycles. The first-order valence-corrected chi connectivity index (χ1v) is 12.4. The molecule has 1 saturated carbocycles. The Morgan fingerprint density at radius 3 is 2.74 bits per heavy atom. The highest BCUT2D eigenvalue weighted by Crippen LogP contribution is 2.43. The fraction of sp³-hybridized carbons (Fsp3) is 0.440. The molecule has 1 atom stereocenters. The van der Waals surface area contributed by atoms with Crippen LogP contribution in [0.2, 0.25) is 0 Å². The van der Waals surface area contributed by atoms with Crippen molar-refractivity contribution in [2.75, 3.05) is 25.4 Å². The topological polar surface area (TPSA) is 120 Å². The second kappa shape index (κ2) is 8.86. The molecule has 200 valence electrons. The van der Waals surface area contributed by atoms with Crippen molar-refractivity contribution >= 4 is 11.8 Å². The minimum Gasteiger partial charge on any atom is -0.402 e. The van der Waals surface area contributed by atoms with Gasteiger partial charge in [0.25, 0.3) is 0 Å². The SMILES string of the molecule is Nc1ncc(-c2cc3n(n2)CCO[C@@]32CCN(C(=O)NC3(c4cccnc4)CCC3)C2)cc1OC(F)(F)F. The average Bonchev–Trinajstić information content (AvgIpc) is 3.49. The lowest BCUT2D eigenvalue weighted by Gasteiger charge is -2.43. The van der Waals surface area contributed by atoms with Crippen LogP contribution in [0.1, 0.15) is 36.9 Å². The standard InChI is InChI=1S/C25H26F3N7O3/c26-25(27,28)38-19-11-16(13-31-21(19)29)18-12-20-24(37-10-9-35(20)33-18)6-8-34(15-24)22(36)32-23(4-2-5-23)17-3-1-7-30-14-17/h1,3,7,11-14H,2,4-6,8-10,15H2,(H2,29,31)(H,32,36)/t24-/m1/s1. The van der Waals surface area contributed by atoms with E-state index >= 15 is 0 Å². The molecule has 0 bridgehead atoms. The van der Waals surface area contributed by atoms with Gasteiger partial charge in [-0.15, -0.1) is 13.2 Å². The Morgan fingerprint density at radius 1 is 1.18 bits per heavy atom. The summed E-state index contributed by atoms with van der Waals surface area (Å²) in [6.07, 6.45) is 3.26. The smallest absolute Gasteiger partial charge is 0.402 e. The monoisotopic (exact) mass is 529 g/mol. The molecule has 3 aromatic heterocycles. The van der Waals surface area contributed by atoms with Gasteiger partial charge in [-0.05, 0) is 43.0 Å². The van der Waals surface area contributed by atoms with Gasteiger partial charge in [0, 0.05) is 37.1 Å². The predicted octanol–water partition coefficient (Wildman–Crippen LogP) is 3.54. The number of rotatable bonds is 4. The first-order chi connectivity index (χ1) is 18.2. The number of anilines is 1. The highest BCUT2D eigenvalue weighted by Gasteiger charge is 2.48. The van der Waals surface area contributed by atoms with Gasteiger partial charge in [-0.1, -0.05) is 6.07 Å². The Balaban J connectivity index is 1.23. The van der Waals surface area contributed by atoms with Crippen LogP contribution in [0.4, 0.5) is 23.8 Å². The summed E-state index contributed by atoms with van der Waals surface area (Å²) >= 11 is 0. The van der Waals surface area contributed by atoms with Crippen LogP contribution in [0.25, 0.3) is 11.3 Å². The fourth-order valence-electron chi connectivity index (χ4n) is 5.53. The van der Waals surface area contributed by atoms with Crippen LogP contribution in [0, 0.1) is 0 Å². The summed E-state index contributed by atoms with van der Waals surface area (Å²) < 4.78 is 50.4. The van der Waals surface area contributed by atoms with Crippen molar-refractivity contribution in [1.29, 1.82) is 0 Å². The molecule has 2 fully saturated rings. The summed E-state index contributed by atoms with van der Waals surface area (Å²) in [6.45, 7) is 1.69. The number of hydrogen-bond acceptors (Lipinski definition) is 7. The van der Waals surface area contributed by atoms with Gasteiger partial charge in [0.05, 0.1) is 36.6 Å². The van der Waals surface area contributed by atoms with E-state index in [4.69, 9.17) is 10.5 Å². The molecule has 0 radical (unpaired) electrons. The number of nitrogens with one attached hydrogen (secondary N) is 1. The van der Waals surface area contributed by atoms with Crippen LogP contribution < -0.4 is 15.8 Å². The van der Waals surface area contributed by atoms with Gasteiger partial charge < -0.3 is 25.4 Å². The molecule has 6 rings (SSSR count). The number of urea groups is 1. The van der Waals surface area contributed by atoms with E-state index in [1.807, 2.05) is 12.1 Å². The molecule has 3 aromatic rings. The van der Waals surface area contributed by atoms with Crippen LogP contribution in [0.3, 0.4) is 0 Å². The number of nitrogens with zero attached hydrogens (tertiary/aromatic N) is 5. The van der Waals surface area contributed by atoms with Crippen molar-refractivity contribution in [2.45, 2.75) is 49.7 Å². The number of aromatic nitrogens is 4. The molecule has 38 heavy (non-hydrogen) atoms. The molecule has 1 spiro atoms. The molecule has 13 heteroatoms. The number of carbonyl (C=O) groups excluding carboxylic acids is 1. The number of alkyl halides is 3. The van der Waals surface area contributed by atoms with Gasteiger partial charge in [0.1, 0.15) is 5.60 Å². The summed E-state index contributed by atoms with van der Waals surface area (Å²) in [6, 6.07) is 6.63. The van der Waals surface area contributed by atoms with Gasteiger partial charge in [0.15, 0.2) is 11.6 Å². The van der Waals surface area contributed by atoms with Crippen molar-refractivity contribution in [2.24, 2.45) is 0 Å². The normalized spacial score (nSPS) is 22.1. The van der Waals surface area contributed by atoms with E-state index in [0.29, 0.717) is 43.9 Å². The third-order valence-corrected chi connectivity index (χ3v) is 7.62. The molecule has 3 N–H and O–H groups in total. The number of halogens is 3. The zero-order valence-corrected chi connectivity index (χ0v) is 20.4. The van der Waals surface area contributed by atoms with E-state index in [9.17, 15) is 18.0 Å². The Kier molecular flexibility index (Phi) is 5.70. The van der Waals surface area contributed by atoms with E-state index in [1.54, 1.807) is 28.0 Å². The minimum atomic E-state index is -4.90. The third kappa shape index (κ3) is 4.30. The first kappa shape index (κ1) is 24.5. The number of nitrogens with two attached hydrogens (primary N) is 1. The third-order valence-electron chi connectivity index (χ3n) is 7.62.